The van der Waals surface area contributed by atoms with Crippen LogP contribution in [0.25, 0.3) is 0 Å². The van der Waals surface area contributed by atoms with E-state index in [9.17, 15) is 0 Å². The second-order valence-corrected chi connectivity index (χ2v) is 3.25. The van der Waals surface area contributed by atoms with Crippen molar-refractivity contribution in [2.45, 2.75) is 11.1 Å². The molecule has 0 bridgehead atoms. The Morgan fingerprint density at radius 2 is 1.33 bits per heavy atom. The number of hydrogen-bond acceptors (Lipinski definition) is 2. The van der Waals surface area contributed by atoms with E-state index in [-0.39, 0.29) is 0 Å². The summed E-state index contributed by atoms with van der Waals surface area (Å²) in [6.45, 7) is 0. The molecule has 12 heavy (non-hydrogen) atoms. The van der Waals surface area contributed by atoms with E-state index in [0.29, 0.717) is 11.5 Å². The second kappa shape index (κ2) is 3.04. The Morgan fingerprint density at radius 3 is 1.75 bits per heavy atom. The minimum Gasteiger partial charge on any atom is -0.465 e. The molecule has 2 atom stereocenters. The van der Waals surface area contributed by atoms with E-state index in [0.717, 1.165) is 0 Å². The van der Waals surface area contributed by atoms with Gasteiger partial charge in [-0.25, -0.2) is 0 Å². The van der Waals surface area contributed by atoms with Gasteiger partial charge in [-0.05, 0) is 12.1 Å². The van der Waals surface area contributed by atoms with Gasteiger partial charge in [0.1, 0.15) is 0 Å². The minimum absolute atomic E-state index is 0.624. The number of benzene rings is 1. The molecule has 1 aromatic rings. The summed E-state index contributed by atoms with van der Waals surface area (Å²) in [5.74, 6) is 1.27. The maximum absolute atomic E-state index is 5.72. The highest BCUT2D eigenvalue weighted by atomic mass is 35.5. The van der Waals surface area contributed by atoms with Crippen molar-refractivity contribution in [3.8, 4) is 11.5 Å². The number of rotatable bonds is 0. The van der Waals surface area contributed by atoms with Gasteiger partial charge in [0.15, 0.2) is 11.5 Å². The highest BCUT2D eigenvalue weighted by Gasteiger charge is 2.27. The van der Waals surface area contributed by atoms with Crippen LogP contribution in [0, 0.1) is 0 Å². The van der Waals surface area contributed by atoms with Gasteiger partial charge in [-0.1, -0.05) is 35.3 Å². The molecule has 0 radical (unpaired) electrons. The molecule has 0 saturated heterocycles. The molecule has 1 heterocycles. The molecule has 1 aliphatic rings. The number of halogens is 2. The molecule has 0 fully saturated rings. The topological polar surface area (TPSA) is 18.5 Å². The van der Waals surface area contributed by atoms with Crippen molar-refractivity contribution in [3.63, 3.8) is 0 Å². The van der Waals surface area contributed by atoms with Gasteiger partial charge in [-0.15, -0.1) is 0 Å². The number of hydrogen-bond donors (Lipinski definition) is 0. The van der Waals surface area contributed by atoms with Gasteiger partial charge in [0, 0.05) is 0 Å². The third-order valence-electron chi connectivity index (χ3n) is 1.53. The Kier molecular flexibility index (Phi) is 2.03. The smallest absolute Gasteiger partial charge is 0.222 e. The first-order chi connectivity index (χ1) is 5.77. The lowest BCUT2D eigenvalue weighted by Crippen LogP contribution is -2.31. The number of fused-ring (bicyclic) bond motifs is 1. The Labute approximate surface area is 80.0 Å². The maximum atomic E-state index is 5.72. The van der Waals surface area contributed by atoms with Gasteiger partial charge in [0.25, 0.3) is 0 Å². The average Bonchev–Trinajstić information content (AvgIpc) is 2.07. The van der Waals surface area contributed by atoms with E-state index in [4.69, 9.17) is 32.7 Å². The van der Waals surface area contributed by atoms with Crippen molar-refractivity contribution in [3.05, 3.63) is 24.3 Å². The van der Waals surface area contributed by atoms with Gasteiger partial charge >= 0.3 is 0 Å². The van der Waals surface area contributed by atoms with E-state index in [2.05, 4.69) is 0 Å². The predicted octanol–water partition coefficient (Wildman–Crippen LogP) is 2.59. The molecule has 2 nitrogen and oxygen atoms in total. The van der Waals surface area contributed by atoms with Crippen LogP contribution in [0.4, 0.5) is 0 Å². The minimum atomic E-state index is -0.624. The van der Waals surface area contributed by atoms with Gasteiger partial charge in [0.2, 0.25) is 11.1 Å². The van der Waals surface area contributed by atoms with Crippen LogP contribution in [0.1, 0.15) is 0 Å². The molecule has 4 heteroatoms. The van der Waals surface area contributed by atoms with Gasteiger partial charge < -0.3 is 9.47 Å². The summed E-state index contributed by atoms with van der Waals surface area (Å²) in [5, 5.41) is 0. The Bertz CT molecular complexity index is 261. The molecule has 0 aliphatic carbocycles. The zero-order valence-corrected chi connectivity index (χ0v) is 7.55. The zero-order chi connectivity index (χ0) is 8.55. The molecule has 0 spiro atoms. The van der Waals surface area contributed by atoms with E-state index in [1.165, 1.54) is 0 Å². The largest absolute Gasteiger partial charge is 0.465 e. The molecule has 0 amide bonds. The summed E-state index contributed by atoms with van der Waals surface area (Å²) < 4.78 is 10.5. The lowest BCUT2D eigenvalue weighted by Gasteiger charge is -2.26. The predicted molar refractivity (Wildman–Crippen MR) is 47.0 cm³/mol. The highest BCUT2D eigenvalue weighted by Crippen LogP contribution is 2.35. The molecular formula is C8H6Cl2O2. The van der Waals surface area contributed by atoms with Crippen LogP contribution in [-0.2, 0) is 0 Å². The molecular weight excluding hydrogens is 199 g/mol. The Morgan fingerprint density at radius 1 is 0.917 bits per heavy atom. The van der Waals surface area contributed by atoms with E-state index < -0.39 is 11.1 Å². The molecule has 0 saturated carbocycles. The maximum Gasteiger partial charge on any atom is 0.222 e. The fourth-order valence-electron chi connectivity index (χ4n) is 0.994. The Balaban J connectivity index is 2.34. The van der Waals surface area contributed by atoms with Crippen molar-refractivity contribution in [2.24, 2.45) is 0 Å². The fraction of sp³-hybridized carbons (Fsp3) is 0.250. The van der Waals surface area contributed by atoms with Crippen molar-refractivity contribution in [1.82, 2.24) is 0 Å². The van der Waals surface area contributed by atoms with E-state index in [1.54, 1.807) is 12.1 Å². The van der Waals surface area contributed by atoms with Crippen LogP contribution < -0.4 is 9.47 Å². The van der Waals surface area contributed by atoms with Gasteiger partial charge in [-0.3, -0.25) is 0 Å². The summed E-state index contributed by atoms with van der Waals surface area (Å²) in [5.41, 5.74) is -1.25. The first kappa shape index (κ1) is 8.02. The highest BCUT2D eigenvalue weighted by molar-refractivity contribution is 6.29. The van der Waals surface area contributed by atoms with Crippen LogP contribution >= 0.6 is 23.2 Å². The van der Waals surface area contributed by atoms with E-state index in [1.807, 2.05) is 12.1 Å². The average molecular weight is 205 g/mol. The van der Waals surface area contributed by atoms with Crippen molar-refractivity contribution in [1.29, 1.82) is 0 Å². The normalized spacial score (nSPS) is 26.8. The fourth-order valence-corrected chi connectivity index (χ4v) is 1.29. The van der Waals surface area contributed by atoms with Crippen LogP contribution in [0.2, 0.25) is 0 Å². The summed E-state index contributed by atoms with van der Waals surface area (Å²) >= 11 is 11.4. The van der Waals surface area contributed by atoms with Crippen molar-refractivity contribution < 1.29 is 9.47 Å². The van der Waals surface area contributed by atoms with Crippen LogP contribution in [0.3, 0.4) is 0 Å². The first-order valence-electron chi connectivity index (χ1n) is 3.48. The number of alkyl halides is 2. The monoisotopic (exact) mass is 204 g/mol. The van der Waals surface area contributed by atoms with Crippen LogP contribution in [0.15, 0.2) is 24.3 Å². The first-order valence-corrected chi connectivity index (χ1v) is 4.35. The second-order valence-electron chi connectivity index (χ2n) is 2.38. The van der Waals surface area contributed by atoms with Gasteiger partial charge in [-0.2, -0.15) is 0 Å². The van der Waals surface area contributed by atoms with Crippen LogP contribution in [0.5, 0.6) is 11.5 Å². The van der Waals surface area contributed by atoms with Crippen molar-refractivity contribution in [2.75, 3.05) is 0 Å². The lowest BCUT2D eigenvalue weighted by atomic mass is 10.3. The zero-order valence-electron chi connectivity index (χ0n) is 6.04. The quantitative estimate of drug-likeness (QED) is 0.606. The molecule has 0 aromatic heterocycles. The third-order valence-corrected chi connectivity index (χ3v) is 2.30. The summed E-state index contributed by atoms with van der Waals surface area (Å²) in [6.07, 6.45) is 0. The molecule has 1 aliphatic heterocycles. The van der Waals surface area contributed by atoms with Crippen LogP contribution in [-0.4, -0.2) is 11.1 Å². The molecule has 1 aromatic carbocycles. The summed E-state index contributed by atoms with van der Waals surface area (Å²) in [4.78, 5) is 0. The molecule has 0 N–H and O–H groups in total. The molecule has 2 rings (SSSR count). The third kappa shape index (κ3) is 1.32. The van der Waals surface area contributed by atoms with Gasteiger partial charge in [0.05, 0.1) is 0 Å². The Hall–Kier alpha value is -0.600. The molecule has 0 unspecified atom stereocenters. The van der Waals surface area contributed by atoms with E-state index >= 15 is 0 Å². The summed E-state index contributed by atoms with van der Waals surface area (Å²) in [7, 11) is 0. The van der Waals surface area contributed by atoms with Crippen molar-refractivity contribution >= 4 is 23.2 Å². The lowest BCUT2D eigenvalue weighted by molar-refractivity contribution is 0.117. The number of ether oxygens (including phenoxy) is 2. The standard InChI is InChI=1S/C8H6Cl2O2/c9-7-8(10)12-6-4-2-1-3-5(6)11-7/h1-4,7-8H/t7-,8-/m0/s1. The SMILES string of the molecule is Cl[C@H]1Oc2ccccc2O[C@@H]1Cl. The summed E-state index contributed by atoms with van der Waals surface area (Å²) in [6, 6.07) is 7.27. The number of para-hydroxylation sites is 2. The molecule has 64 valence electrons.